The van der Waals surface area contributed by atoms with Gasteiger partial charge in [0.15, 0.2) is 0 Å². The summed E-state index contributed by atoms with van der Waals surface area (Å²) < 4.78 is 38.1. The van der Waals surface area contributed by atoms with Gasteiger partial charge in [-0.2, -0.15) is 13.2 Å². The molecule has 5 nitrogen and oxygen atoms in total. The van der Waals surface area contributed by atoms with Crippen molar-refractivity contribution in [2.24, 2.45) is 0 Å². The summed E-state index contributed by atoms with van der Waals surface area (Å²) in [5.74, 6) is -1.46. The molecule has 0 aliphatic heterocycles. The zero-order valence-corrected chi connectivity index (χ0v) is 10.8. The average molecular weight is 311 g/mol. The van der Waals surface area contributed by atoms with E-state index in [4.69, 9.17) is 5.11 Å². The fourth-order valence-corrected chi connectivity index (χ4v) is 1.94. The molecule has 0 saturated heterocycles. The third-order valence-electron chi connectivity index (χ3n) is 2.95. The summed E-state index contributed by atoms with van der Waals surface area (Å²) in [6, 6.07) is 7.09. The van der Waals surface area contributed by atoms with Crippen LogP contribution in [-0.2, 0) is 6.18 Å². The Labute approximate surface area is 121 Å². The van der Waals surface area contributed by atoms with Crippen LogP contribution in [0.1, 0.15) is 15.9 Å². The predicted molar refractivity (Wildman–Crippen MR) is 70.5 cm³/mol. The molecule has 114 valence electrons. The molecule has 0 spiro atoms. The van der Waals surface area contributed by atoms with Gasteiger partial charge in [-0.1, -0.05) is 12.1 Å². The van der Waals surface area contributed by atoms with Crippen LogP contribution in [0.25, 0.3) is 11.1 Å². The maximum atomic E-state index is 12.7. The van der Waals surface area contributed by atoms with Crippen molar-refractivity contribution in [1.29, 1.82) is 0 Å². The highest BCUT2D eigenvalue weighted by molar-refractivity contribution is 5.96. The number of carboxylic acid groups (broad SMARTS) is 1. The van der Waals surface area contributed by atoms with Crippen molar-refractivity contribution in [2.75, 3.05) is 0 Å². The molecule has 0 heterocycles. The second kappa shape index (κ2) is 5.47. The van der Waals surface area contributed by atoms with Gasteiger partial charge in [-0.05, 0) is 29.3 Å². The second-order valence-electron chi connectivity index (χ2n) is 4.37. The quantitative estimate of drug-likeness (QED) is 0.686. The standard InChI is InChI=1S/C14H8F3NO4/c15-14(16,17)9-3-1-2-8(6-9)11-5-4-10(18(21)22)7-12(11)13(19)20/h1-7H,(H,19,20). The Kier molecular flexibility index (Phi) is 3.85. The van der Waals surface area contributed by atoms with E-state index in [9.17, 15) is 28.1 Å². The van der Waals surface area contributed by atoms with Crippen molar-refractivity contribution in [2.45, 2.75) is 6.18 Å². The van der Waals surface area contributed by atoms with Crippen LogP contribution in [0, 0.1) is 10.1 Å². The van der Waals surface area contributed by atoms with Crippen molar-refractivity contribution >= 4 is 11.7 Å². The first-order chi connectivity index (χ1) is 10.2. The Hall–Kier alpha value is -2.90. The van der Waals surface area contributed by atoms with Gasteiger partial charge in [0.1, 0.15) is 0 Å². The molecule has 0 aromatic heterocycles. The zero-order chi connectivity index (χ0) is 16.5. The van der Waals surface area contributed by atoms with E-state index in [0.717, 1.165) is 36.4 Å². The molecule has 1 N–H and O–H groups in total. The van der Waals surface area contributed by atoms with Crippen molar-refractivity contribution in [3.63, 3.8) is 0 Å². The van der Waals surface area contributed by atoms with Gasteiger partial charge < -0.3 is 5.11 Å². The topological polar surface area (TPSA) is 80.4 Å². The molecular formula is C14H8F3NO4. The van der Waals surface area contributed by atoms with Crippen LogP contribution in [-0.4, -0.2) is 16.0 Å². The number of nitrogens with zero attached hydrogens (tertiary/aromatic N) is 1. The fourth-order valence-electron chi connectivity index (χ4n) is 1.94. The number of hydrogen-bond acceptors (Lipinski definition) is 3. The minimum Gasteiger partial charge on any atom is -0.478 e. The normalized spacial score (nSPS) is 11.2. The molecule has 0 atom stereocenters. The fraction of sp³-hybridized carbons (Fsp3) is 0.0714. The summed E-state index contributed by atoms with van der Waals surface area (Å²) in [5.41, 5.74) is -1.83. The van der Waals surface area contributed by atoms with E-state index in [1.165, 1.54) is 6.07 Å². The van der Waals surface area contributed by atoms with E-state index >= 15 is 0 Å². The lowest BCUT2D eigenvalue weighted by Crippen LogP contribution is -2.05. The molecule has 8 heteroatoms. The van der Waals surface area contributed by atoms with Crippen LogP contribution >= 0.6 is 0 Å². The molecular weight excluding hydrogens is 303 g/mol. The van der Waals surface area contributed by atoms with Crippen molar-refractivity contribution in [1.82, 2.24) is 0 Å². The number of benzene rings is 2. The molecule has 2 rings (SSSR count). The van der Waals surface area contributed by atoms with Gasteiger partial charge in [0.2, 0.25) is 0 Å². The molecule has 2 aromatic rings. The van der Waals surface area contributed by atoms with E-state index in [1.54, 1.807) is 0 Å². The minimum absolute atomic E-state index is 0.0159. The maximum Gasteiger partial charge on any atom is 0.416 e. The molecule has 0 saturated carbocycles. The van der Waals surface area contributed by atoms with Crippen LogP contribution < -0.4 is 0 Å². The van der Waals surface area contributed by atoms with E-state index < -0.39 is 33.9 Å². The van der Waals surface area contributed by atoms with Gasteiger partial charge in [0.05, 0.1) is 16.1 Å². The van der Waals surface area contributed by atoms with Gasteiger partial charge in [-0.25, -0.2) is 4.79 Å². The maximum absolute atomic E-state index is 12.7. The number of nitro benzene ring substituents is 1. The summed E-state index contributed by atoms with van der Waals surface area (Å²) in [5, 5.41) is 19.8. The van der Waals surface area contributed by atoms with Crippen LogP contribution in [0.3, 0.4) is 0 Å². The van der Waals surface area contributed by atoms with Crippen LogP contribution in [0.5, 0.6) is 0 Å². The molecule has 22 heavy (non-hydrogen) atoms. The number of carboxylic acids is 1. The van der Waals surface area contributed by atoms with Gasteiger partial charge in [-0.15, -0.1) is 0 Å². The van der Waals surface area contributed by atoms with E-state index in [-0.39, 0.29) is 11.1 Å². The Morgan fingerprint density at radius 3 is 2.36 bits per heavy atom. The lowest BCUT2D eigenvalue weighted by Gasteiger charge is -2.10. The molecule has 0 bridgehead atoms. The van der Waals surface area contributed by atoms with Crippen LogP contribution in [0.2, 0.25) is 0 Å². The number of halogens is 3. The average Bonchev–Trinajstić information content (AvgIpc) is 2.45. The van der Waals surface area contributed by atoms with Gasteiger partial charge in [0.25, 0.3) is 5.69 Å². The number of carbonyl (C=O) groups is 1. The SMILES string of the molecule is O=C(O)c1cc([N+](=O)[O-])ccc1-c1cccc(C(F)(F)F)c1. The smallest absolute Gasteiger partial charge is 0.416 e. The van der Waals surface area contributed by atoms with E-state index in [1.807, 2.05) is 0 Å². The third kappa shape index (κ3) is 3.05. The summed E-state index contributed by atoms with van der Waals surface area (Å²) in [6.45, 7) is 0. The first kappa shape index (κ1) is 15.5. The molecule has 0 amide bonds. The molecule has 0 aliphatic rings. The predicted octanol–water partition coefficient (Wildman–Crippen LogP) is 3.98. The number of non-ortho nitro benzene ring substituents is 1. The summed E-state index contributed by atoms with van der Waals surface area (Å²) in [6.07, 6.45) is -4.57. The van der Waals surface area contributed by atoms with Gasteiger partial charge in [-0.3, -0.25) is 10.1 Å². The van der Waals surface area contributed by atoms with E-state index in [0.29, 0.717) is 0 Å². The number of rotatable bonds is 3. The Morgan fingerprint density at radius 1 is 1.14 bits per heavy atom. The van der Waals surface area contributed by atoms with Crippen molar-refractivity contribution in [3.05, 3.63) is 63.7 Å². The molecule has 0 unspecified atom stereocenters. The summed E-state index contributed by atoms with van der Waals surface area (Å²) in [4.78, 5) is 21.1. The first-order valence-corrected chi connectivity index (χ1v) is 5.89. The highest BCUT2D eigenvalue weighted by Crippen LogP contribution is 2.34. The number of alkyl halides is 3. The Bertz CT molecular complexity index is 756. The number of aromatic carboxylic acids is 1. The largest absolute Gasteiger partial charge is 0.478 e. The molecule has 0 radical (unpaired) electrons. The summed E-state index contributed by atoms with van der Waals surface area (Å²) >= 11 is 0. The molecule has 2 aromatic carbocycles. The van der Waals surface area contributed by atoms with Crippen molar-refractivity contribution < 1.29 is 28.0 Å². The van der Waals surface area contributed by atoms with Crippen LogP contribution in [0.15, 0.2) is 42.5 Å². The highest BCUT2D eigenvalue weighted by atomic mass is 19.4. The lowest BCUT2D eigenvalue weighted by molar-refractivity contribution is -0.384. The molecule has 0 aliphatic carbocycles. The lowest BCUT2D eigenvalue weighted by atomic mass is 9.97. The summed E-state index contributed by atoms with van der Waals surface area (Å²) in [7, 11) is 0. The second-order valence-corrected chi connectivity index (χ2v) is 4.37. The Balaban J connectivity index is 2.62. The Morgan fingerprint density at radius 2 is 1.82 bits per heavy atom. The highest BCUT2D eigenvalue weighted by Gasteiger charge is 2.30. The van der Waals surface area contributed by atoms with Crippen LogP contribution in [0.4, 0.5) is 18.9 Å². The third-order valence-corrected chi connectivity index (χ3v) is 2.95. The monoisotopic (exact) mass is 311 g/mol. The number of nitro groups is 1. The molecule has 0 fully saturated rings. The van der Waals surface area contributed by atoms with Gasteiger partial charge >= 0.3 is 12.1 Å². The van der Waals surface area contributed by atoms with E-state index in [2.05, 4.69) is 0 Å². The minimum atomic E-state index is -4.57. The first-order valence-electron chi connectivity index (χ1n) is 5.89. The number of hydrogen-bond donors (Lipinski definition) is 1. The zero-order valence-electron chi connectivity index (χ0n) is 10.8. The van der Waals surface area contributed by atoms with Gasteiger partial charge in [0, 0.05) is 12.1 Å². The van der Waals surface area contributed by atoms with Crippen molar-refractivity contribution in [3.8, 4) is 11.1 Å².